The maximum absolute atomic E-state index is 11.5. The summed E-state index contributed by atoms with van der Waals surface area (Å²) in [6, 6.07) is -0.556. The van der Waals surface area contributed by atoms with Crippen molar-refractivity contribution < 1.29 is 14.3 Å². The molecule has 1 aliphatic rings. The van der Waals surface area contributed by atoms with Gasteiger partial charge in [-0.1, -0.05) is 0 Å². The molecule has 6 nitrogen and oxygen atoms in total. The van der Waals surface area contributed by atoms with Crippen molar-refractivity contribution >= 4 is 11.9 Å². The van der Waals surface area contributed by atoms with Gasteiger partial charge in [-0.25, -0.2) is 9.78 Å². The molecule has 15 heavy (non-hydrogen) atoms. The van der Waals surface area contributed by atoms with Crippen LogP contribution in [-0.4, -0.2) is 34.5 Å². The number of amides is 1. The van der Waals surface area contributed by atoms with Gasteiger partial charge in [-0.2, -0.15) is 0 Å². The molecule has 0 aliphatic carbocycles. The third-order valence-electron chi connectivity index (χ3n) is 2.04. The molecule has 0 bridgehead atoms. The standard InChI is InChI=1S/C9H9N3O3/c13-8(7-5-10-2-3-11-7)12-6-1-4-15-9(6)14/h2-3,5-6H,1,4H2,(H,12,13). The smallest absolute Gasteiger partial charge is 0.328 e. The molecule has 1 aromatic heterocycles. The summed E-state index contributed by atoms with van der Waals surface area (Å²) in [5, 5.41) is 2.53. The number of aromatic nitrogens is 2. The number of hydrogen-bond donors (Lipinski definition) is 1. The quantitative estimate of drug-likeness (QED) is 0.662. The molecule has 1 atom stereocenters. The first-order chi connectivity index (χ1) is 7.27. The summed E-state index contributed by atoms with van der Waals surface area (Å²) < 4.78 is 4.71. The highest BCUT2D eigenvalue weighted by Crippen LogP contribution is 2.06. The zero-order valence-electron chi connectivity index (χ0n) is 7.84. The van der Waals surface area contributed by atoms with Crippen LogP contribution >= 0.6 is 0 Å². The molecule has 78 valence electrons. The van der Waals surface area contributed by atoms with E-state index in [1.807, 2.05) is 0 Å². The van der Waals surface area contributed by atoms with Gasteiger partial charge in [-0.05, 0) is 0 Å². The Morgan fingerprint density at radius 1 is 1.53 bits per heavy atom. The van der Waals surface area contributed by atoms with E-state index >= 15 is 0 Å². The summed E-state index contributed by atoms with van der Waals surface area (Å²) in [6.45, 7) is 0.351. The van der Waals surface area contributed by atoms with Gasteiger partial charge in [0, 0.05) is 18.8 Å². The second-order valence-corrected chi connectivity index (χ2v) is 3.07. The van der Waals surface area contributed by atoms with Crippen LogP contribution in [0.2, 0.25) is 0 Å². The minimum Gasteiger partial charge on any atom is -0.464 e. The van der Waals surface area contributed by atoms with Gasteiger partial charge >= 0.3 is 5.97 Å². The molecule has 0 radical (unpaired) electrons. The lowest BCUT2D eigenvalue weighted by Gasteiger charge is -2.07. The van der Waals surface area contributed by atoms with E-state index in [1.54, 1.807) is 0 Å². The fraction of sp³-hybridized carbons (Fsp3) is 0.333. The summed E-state index contributed by atoms with van der Waals surface area (Å²) in [7, 11) is 0. The van der Waals surface area contributed by atoms with Crippen molar-refractivity contribution in [1.82, 2.24) is 15.3 Å². The van der Waals surface area contributed by atoms with Crippen LogP contribution in [0, 0.1) is 0 Å². The summed E-state index contributed by atoms with van der Waals surface area (Å²) in [6.07, 6.45) is 4.74. The Hall–Kier alpha value is -1.98. The first kappa shape index (κ1) is 9.57. The Balaban J connectivity index is 2.01. The lowest BCUT2D eigenvalue weighted by molar-refractivity contribution is -0.139. The van der Waals surface area contributed by atoms with Crippen molar-refractivity contribution in [2.45, 2.75) is 12.5 Å². The number of cyclic esters (lactones) is 1. The average Bonchev–Trinajstić information content (AvgIpc) is 2.66. The zero-order chi connectivity index (χ0) is 10.7. The number of rotatable bonds is 2. The molecular weight excluding hydrogens is 198 g/mol. The highest BCUT2D eigenvalue weighted by Gasteiger charge is 2.28. The molecule has 6 heteroatoms. The van der Waals surface area contributed by atoms with Crippen molar-refractivity contribution in [3.63, 3.8) is 0 Å². The van der Waals surface area contributed by atoms with Gasteiger partial charge in [-0.3, -0.25) is 9.78 Å². The number of carbonyl (C=O) groups is 2. The number of carbonyl (C=O) groups excluding carboxylic acids is 2. The van der Waals surface area contributed by atoms with Crippen molar-refractivity contribution in [1.29, 1.82) is 0 Å². The Kier molecular flexibility index (Phi) is 2.57. The van der Waals surface area contributed by atoms with Crippen LogP contribution in [0.3, 0.4) is 0 Å². The molecule has 0 spiro atoms. The van der Waals surface area contributed by atoms with Crippen LogP contribution in [0.15, 0.2) is 18.6 Å². The third-order valence-corrected chi connectivity index (χ3v) is 2.04. The predicted molar refractivity (Wildman–Crippen MR) is 48.9 cm³/mol. The molecule has 0 aromatic carbocycles. The predicted octanol–water partition coefficient (Wildman–Crippen LogP) is -0.478. The first-order valence-electron chi connectivity index (χ1n) is 4.51. The Labute approximate surface area is 85.7 Å². The SMILES string of the molecule is O=C(NC1CCOC1=O)c1cnccn1. The van der Waals surface area contributed by atoms with Gasteiger partial charge in [0.1, 0.15) is 11.7 Å². The van der Waals surface area contributed by atoms with Gasteiger partial charge in [0.25, 0.3) is 5.91 Å². The van der Waals surface area contributed by atoms with Gasteiger partial charge < -0.3 is 10.1 Å². The lowest BCUT2D eigenvalue weighted by atomic mass is 10.2. The Morgan fingerprint density at radius 3 is 3.00 bits per heavy atom. The minimum atomic E-state index is -0.556. The van der Waals surface area contributed by atoms with Crippen LogP contribution in [0.5, 0.6) is 0 Å². The monoisotopic (exact) mass is 207 g/mol. The summed E-state index contributed by atoms with van der Waals surface area (Å²) in [5.74, 6) is -0.806. The molecule has 1 amide bonds. The molecular formula is C9H9N3O3. The average molecular weight is 207 g/mol. The Bertz CT molecular complexity index is 379. The summed E-state index contributed by atoms with van der Waals surface area (Å²) in [4.78, 5) is 30.2. The van der Waals surface area contributed by atoms with E-state index in [4.69, 9.17) is 4.74 Å². The van der Waals surface area contributed by atoms with Crippen molar-refractivity contribution in [2.75, 3.05) is 6.61 Å². The molecule has 2 heterocycles. The summed E-state index contributed by atoms with van der Waals surface area (Å²) >= 11 is 0. The van der Waals surface area contributed by atoms with Crippen LogP contribution < -0.4 is 5.32 Å². The molecule has 0 saturated carbocycles. The van der Waals surface area contributed by atoms with E-state index in [9.17, 15) is 9.59 Å². The highest BCUT2D eigenvalue weighted by atomic mass is 16.5. The van der Waals surface area contributed by atoms with Gasteiger partial charge in [0.05, 0.1) is 12.8 Å². The van der Waals surface area contributed by atoms with E-state index in [0.29, 0.717) is 13.0 Å². The first-order valence-corrected chi connectivity index (χ1v) is 4.51. The molecule has 1 fully saturated rings. The van der Waals surface area contributed by atoms with E-state index in [0.717, 1.165) is 0 Å². The molecule has 1 aromatic rings. The second-order valence-electron chi connectivity index (χ2n) is 3.07. The van der Waals surface area contributed by atoms with Gasteiger partial charge in [-0.15, -0.1) is 0 Å². The van der Waals surface area contributed by atoms with Crippen LogP contribution in [0.1, 0.15) is 16.9 Å². The van der Waals surface area contributed by atoms with E-state index < -0.39 is 17.9 Å². The summed E-state index contributed by atoms with van der Waals surface area (Å²) in [5.41, 5.74) is 0.192. The number of nitrogens with one attached hydrogen (secondary N) is 1. The maximum atomic E-state index is 11.5. The highest BCUT2D eigenvalue weighted by molar-refractivity contribution is 5.95. The van der Waals surface area contributed by atoms with Gasteiger partial charge in [0.15, 0.2) is 0 Å². The number of nitrogens with zero attached hydrogens (tertiary/aromatic N) is 2. The molecule has 1 aliphatic heterocycles. The zero-order valence-corrected chi connectivity index (χ0v) is 7.84. The fourth-order valence-corrected chi connectivity index (χ4v) is 1.28. The molecule has 2 rings (SSSR count). The normalized spacial score (nSPS) is 19.7. The Morgan fingerprint density at radius 2 is 2.40 bits per heavy atom. The van der Waals surface area contributed by atoms with E-state index in [-0.39, 0.29) is 5.69 Å². The topological polar surface area (TPSA) is 81.2 Å². The molecule has 1 N–H and O–H groups in total. The number of hydrogen-bond acceptors (Lipinski definition) is 5. The third kappa shape index (κ3) is 2.09. The fourth-order valence-electron chi connectivity index (χ4n) is 1.28. The minimum absolute atomic E-state index is 0.192. The van der Waals surface area contributed by atoms with Crippen LogP contribution in [-0.2, 0) is 9.53 Å². The molecule has 1 saturated heterocycles. The maximum Gasteiger partial charge on any atom is 0.328 e. The van der Waals surface area contributed by atoms with Crippen molar-refractivity contribution in [3.8, 4) is 0 Å². The second kappa shape index (κ2) is 4.04. The number of esters is 1. The number of ether oxygens (including phenoxy) is 1. The largest absolute Gasteiger partial charge is 0.464 e. The van der Waals surface area contributed by atoms with Crippen LogP contribution in [0.25, 0.3) is 0 Å². The van der Waals surface area contributed by atoms with E-state index in [2.05, 4.69) is 15.3 Å². The van der Waals surface area contributed by atoms with E-state index in [1.165, 1.54) is 18.6 Å². The van der Waals surface area contributed by atoms with Crippen LogP contribution in [0.4, 0.5) is 0 Å². The lowest BCUT2D eigenvalue weighted by Crippen LogP contribution is -2.38. The van der Waals surface area contributed by atoms with Gasteiger partial charge in [0.2, 0.25) is 0 Å². The van der Waals surface area contributed by atoms with Crippen molar-refractivity contribution in [3.05, 3.63) is 24.3 Å². The van der Waals surface area contributed by atoms with Crippen molar-refractivity contribution in [2.24, 2.45) is 0 Å². The molecule has 1 unspecified atom stereocenters.